The van der Waals surface area contributed by atoms with Crippen molar-refractivity contribution in [2.75, 3.05) is 32.7 Å². The van der Waals surface area contributed by atoms with Crippen molar-refractivity contribution in [3.8, 4) is 0 Å². The predicted molar refractivity (Wildman–Crippen MR) is 61.4 cm³/mol. The van der Waals surface area contributed by atoms with E-state index in [1.54, 1.807) is 0 Å². The molecule has 0 radical (unpaired) electrons. The lowest BCUT2D eigenvalue weighted by molar-refractivity contribution is 0.0222. The van der Waals surface area contributed by atoms with Gasteiger partial charge in [-0.1, -0.05) is 6.92 Å². The summed E-state index contributed by atoms with van der Waals surface area (Å²) >= 11 is 0. The molecule has 1 rings (SSSR count). The number of hydrogen-bond donors (Lipinski definition) is 1. The van der Waals surface area contributed by atoms with E-state index in [0.29, 0.717) is 11.6 Å². The molecule has 1 aliphatic rings. The molecule has 2 N–H and O–H groups in total. The molecule has 1 heterocycles. The molecular weight excluding hydrogens is 174 g/mol. The second kappa shape index (κ2) is 4.60. The third-order valence-corrected chi connectivity index (χ3v) is 3.08. The molecule has 1 fully saturated rings. The van der Waals surface area contributed by atoms with Gasteiger partial charge in [-0.05, 0) is 27.3 Å². The second-order valence-corrected chi connectivity index (χ2v) is 5.10. The van der Waals surface area contributed by atoms with Crippen LogP contribution in [0.3, 0.4) is 0 Å². The van der Waals surface area contributed by atoms with Gasteiger partial charge < -0.3 is 5.73 Å². The summed E-state index contributed by atoms with van der Waals surface area (Å²) in [5.74, 6) is 0. The Labute approximate surface area is 88.2 Å². The molecule has 0 aromatic carbocycles. The summed E-state index contributed by atoms with van der Waals surface area (Å²) in [6, 6.07) is 0.291. The Morgan fingerprint density at radius 2 is 2.00 bits per heavy atom. The van der Waals surface area contributed by atoms with Gasteiger partial charge in [0.05, 0.1) is 0 Å². The van der Waals surface area contributed by atoms with Gasteiger partial charge in [-0.15, -0.1) is 0 Å². The predicted octanol–water partition coefficient (Wildman–Crippen LogP) is 0.750. The summed E-state index contributed by atoms with van der Waals surface area (Å²) in [5, 5.41) is 0. The molecule has 0 aliphatic carbocycles. The van der Waals surface area contributed by atoms with E-state index in [4.69, 9.17) is 5.73 Å². The van der Waals surface area contributed by atoms with Crippen molar-refractivity contribution < 1.29 is 0 Å². The van der Waals surface area contributed by atoms with Crippen molar-refractivity contribution >= 4 is 0 Å². The van der Waals surface area contributed by atoms with E-state index in [1.807, 2.05) is 0 Å². The summed E-state index contributed by atoms with van der Waals surface area (Å²) < 4.78 is 0. The number of nitrogens with zero attached hydrogens (tertiary/aromatic N) is 2. The molecule has 3 nitrogen and oxygen atoms in total. The van der Waals surface area contributed by atoms with Crippen molar-refractivity contribution in [2.45, 2.75) is 39.3 Å². The summed E-state index contributed by atoms with van der Waals surface area (Å²) in [7, 11) is 0. The first kappa shape index (κ1) is 12.0. The van der Waals surface area contributed by atoms with Crippen LogP contribution in [0.2, 0.25) is 0 Å². The summed E-state index contributed by atoms with van der Waals surface area (Å²) in [4.78, 5) is 5.03. The van der Waals surface area contributed by atoms with E-state index in [0.717, 1.165) is 19.6 Å². The third kappa shape index (κ3) is 2.94. The van der Waals surface area contributed by atoms with Crippen LogP contribution in [0.15, 0.2) is 0 Å². The van der Waals surface area contributed by atoms with E-state index in [2.05, 4.69) is 37.5 Å². The van der Waals surface area contributed by atoms with Gasteiger partial charge in [0.25, 0.3) is 0 Å². The van der Waals surface area contributed by atoms with E-state index in [9.17, 15) is 0 Å². The molecule has 0 bridgehead atoms. The van der Waals surface area contributed by atoms with Crippen molar-refractivity contribution in [3.63, 3.8) is 0 Å². The number of likely N-dealkylation sites (N-methyl/N-ethyl adjacent to an activating group) is 1. The van der Waals surface area contributed by atoms with Crippen LogP contribution < -0.4 is 5.73 Å². The maximum absolute atomic E-state index is 5.82. The molecule has 0 aromatic rings. The average Bonchev–Trinajstić information content (AvgIpc) is 2.01. The molecule has 0 saturated carbocycles. The largest absolute Gasteiger partial charge is 0.327 e. The zero-order chi connectivity index (χ0) is 10.8. The molecule has 84 valence electrons. The van der Waals surface area contributed by atoms with Gasteiger partial charge in [0.15, 0.2) is 0 Å². The summed E-state index contributed by atoms with van der Waals surface area (Å²) in [6.45, 7) is 14.6. The molecule has 0 spiro atoms. The van der Waals surface area contributed by atoms with Crippen molar-refractivity contribution in [3.05, 3.63) is 0 Å². The zero-order valence-corrected chi connectivity index (χ0v) is 10.1. The molecule has 14 heavy (non-hydrogen) atoms. The van der Waals surface area contributed by atoms with Crippen LogP contribution in [0.4, 0.5) is 0 Å². The standard InChI is InChI=1S/C11H25N3/c1-5-14-7-6-13(8-10(2)12)9-11(14,3)4/h10H,5-9,12H2,1-4H3. The Hall–Kier alpha value is -0.120. The number of piperazine rings is 1. The third-order valence-electron chi connectivity index (χ3n) is 3.08. The Morgan fingerprint density at radius 3 is 2.43 bits per heavy atom. The number of nitrogens with two attached hydrogens (primary N) is 1. The highest BCUT2D eigenvalue weighted by atomic mass is 15.3. The van der Waals surface area contributed by atoms with E-state index in [1.165, 1.54) is 13.1 Å². The monoisotopic (exact) mass is 199 g/mol. The van der Waals surface area contributed by atoms with Gasteiger partial charge in [-0.25, -0.2) is 0 Å². The van der Waals surface area contributed by atoms with Crippen LogP contribution >= 0.6 is 0 Å². The van der Waals surface area contributed by atoms with Crippen LogP contribution in [0, 0.1) is 0 Å². The van der Waals surface area contributed by atoms with Gasteiger partial charge in [-0.3, -0.25) is 9.80 Å². The Bertz CT molecular complexity index is 177. The van der Waals surface area contributed by atoms with Gasteiger partial charge in [0, 0.05) is 37.8 Å². The highest BCUT2D eigenvalue weighted by Gasteiger charge is 2.32. The highest BCUT2D eigenvalue weighted by Crippen LogP contribution is 2.20. The minimum atomic E-state index is 0.291. The fourth-order valence-corrected chi connectivity index (χ4v) is 2.44. The summed E-state index contributed by atoms with van der Waals surface area (Å²) in [6.07, 6.45) is 0. The molecular formula is C11H25N3. The molecule has 1 saturated heterocycles. The van der Waals surface area contributed by atoms with Crippen LogP contribution in [-0.2, 0) is 0 Å². The van der Waals surface area contributed by atoms with Crippen LogP contribution in [0.1, 0.15) is 27.7 Å². The molecule has 0 aromatic heterocycles. The molecule has 3 heteroatoms. The molecule has 0 amide bonds. The van der Waals surface area contributed by atoms with E-state index in [-0.39, 0.29) is 0 Å². The van der Waals surface area contributed by atoms with Gasteiger partial charge in [-0.2, -0.15) is 0 Å². The van der Waals surface area contributed by atoms with Gasteiger partial charge in [0.1, 0.15) is 0 Å². The highest BCUT2D eigenvalue weighted by molar-refractivity contribution is 4.90. The summed E-state index contributed by atoms with van der Waals surface area (Å²) in [5.41, 5.74) is 6.13. The minimum Gasteiger partial charge on any atom is -0.327 e. The van der Waals surface area contributed by atoms with E-state index < -0.39 is 0 Å². The Balaban J connectivity index is 2.49. The van der Waals surface area contributed by atoms with Crippen LogP contribution in [0.5, 0.6) is 0 Å². The van der Waals surface area contributed by atoms with Crippen molar-refractivity contribution in [1.29, 1.82) is 0 Å². The first-order valence-electron chi connectivity index (χ1n) is 5.68. The first-order valence-corrected chi connectivity index (χ1v) is 5.68. The van der Waals surface area contributed by atoms with Crippen molar-refractivity contribution in [1.82, 2.24) is 9.80 Å². The maximum Gasteiger partial charge on any atom is 0.0280 e. The fraction of sp³-hybridized carbons (Fsp3) is 1.00. The Morgan fingerprint density at radius 1 is 1.36 bits per heavy atom. The van der Waals surface area contributed by atoms with Crippen LogP contribution in [0.25, 0.3) is 0 Å². The molecule has 1 unspecified atom stereocenters. The normalized spacial score (nSPS) is 26.4. The first-order chi connectivity index (χ1) is 6.45. The maximum atomic E-state index is 5.82. The lowest BCUT2D eigenvalue weighted by Gasteiger charge is -2.47. The smallest absolute Gasteiger partial charge is 0.0280 e. The van der Waals surface area contributed by atoms with Gasteiger partial charge >= 0.3 is 0 Å². The van der Waals surface area contributed by atoms with Crippen LogP contribution in [-0.4, -0.2) is 54.1 Å². The molecule has 1 aliphatic heterocycles. The zero-order valence-electron chi connectivity index (χ0n) is 10.1. The minimum absolute atomic E-state index is 0.291. The van der Waals surface area contributed by atoms with E-state index >= 15 is 0 Å². The fourth-order valence-electron chi connectivity index (χ4n) is 2.44. The molecule has 1 atom stereocenters. The number of hydrogen-bond acceptors (Lipinski definition) is 3. The topological polar surface area (TPSA) is 32.5 Å². The second-order valence-electron chi connectivity index (χ2n) is 5.10. The lowest BCUT2D eigenvalue weighted by atomic mass is 9.98. The van der Waals surface area contributed by atoms with Crippen molar-refractivity contribution in [2.24, 2.45) is 5.73 Å². The number of rotatable bonds is 3. The SMILES string of the molecule is CCN1CCN(CC(C)N)CC1(C)C. The Kier molecular flexibility index (Phi) is 3.93. The van der Waals surface area contributed by atoms with Gasteiger partial charge in [0.2, 0.25) is 0 Å². The quantitative estimate of drug-likeness (QED) is 0.728. The lowest BCUT2D eigenvalue weighted by Crippen LogP contribution is -2.60. The average molecular weight is 199 g/mol.